The lowest BCUT2D eigenvalue weighted by Crippen LogP contribution is -2.39. The third-order valence-electron chi connectivity index (χ3n) is 3.48. The molecule has 16 heavy (non-hydrogen) atoms. The second-order valence-corrected chi connectivity index (χ2v) is 5.98. The van der Waals surface area contributed by atoms with Crippen molar-refractivity contribution in [2.45, 2.75) is 50.4 Å². The monoisotopic (exact) mass is 242 g/mol. The number of nitrogens with zero attached hydrogens (tertiary/aromatic N) is 1. The van der Waals surface area contributed by atoms with Gasteiger partial charge in [0.2, 0.25) is 5.91 Å². The van der Waals surface area contributed by atoms with E-state index >= 15 is 0 Å². The minimum absolute atomic E-state index is 0.349. The summed E-state index contributed by atoms with van der Waals surface area (Å²) in [4.78, 5) is 14.1. The third kappa shape index (κ3) is 3.14. The highest BCUT2D eigenvalue weighted by molar-refractivity contribution is 8.00. The molecule has 2 aliphatic rings. The van der Waals surface area contributed by atoms with E-state index in [9.17, 15) is 4.79 Å². The normalized spacial score (nSPS) is 30.7. The largest absolute Gasteiger partial charge is 0.343 e. The van der Waals surface area contributed by atoms with Crippen LogP contribution in [0.15, 0.2) is 0 Å². The van der Waals surface area contributed by atoms with Crippen molar-refractivity contribution >= 4 is 17.7 Å². The van der Waals surface area contributed by atoms with Crippen molar-refractivity contribution in [1.82, 2.24) is 10.2 Å². The predicted molar refractivity (Wildman–Crippen MR) is 68.5 cm³/mol. The zero-order valence-electron chi connectivity index (χ0n) is 10.1. The lowest BCUT2D eigenvalue weighted by atomic mass is 10.1. The molecule has 2 heterocycles. The highest BCUT2D eigenvalue weighted by atomic mass is 32.2. The first-order valence-electron chi connectivity index (χ1n) is 6.45. The fourth-order valence-corrected chi connectivity index (χ4v) is 3.72. The minimum Gasteiger partial charge on any atom is -0.343 e. The van der Waals surface area contributed by atoms with Gasteiger partial charge in [-0.15, -0.1) is 11.8 Å². The fourth-order valence-electron chi connectivity index (χ4n) is 2.38. The van der Waals surface area contributed by atoms with E-state index in [0.29, 0.717) is 23.7 Å². The summed E-state index contributed by atoms with van der Waals surface area (Å²) < 4.78 is 0. The van der Waals surface area contributed by atoms with Gasteiger partial charge >= 0.3 is 0 Å². The Hall–Kier alpha value is -0.220. The van der Waals surface area contributed by atoms with Crippen LogP contribution in [0.3, 0.4) is 0 Å². The van der Waals surface area contributed by atoms with E-state index in [1.54, 1.807) is 0 Å². The quantitative estimate of drug-likeness (QED) is 0.819. The van der Waals surface area contributed by atoms with E-state index in [4.69, 9.17) is 0 Å². The molecule has 2 unspecified atom stereocenters. The van der Waals surface area contributed by atoms with Crippen LogP contribution in [0, 0.1) is 0 Å². The molecule has 2 aliphatic heterocycles. The first-order chi connectivity index (χ1) is 7.79. The van der Waals surface area contributed by atoms with Crippen LogP contribution >= 0.6 is 11.8 Å². The van der Waals surface area contributed by atoms with Gasteiger partial charge in [-0.2, -0.15) is 0 Å². The first kappa shape index (κ1) is 12.2. The van der Waals surface area contributed by atoms with Gasteiger partial charge in [0.05, 0.1) is 11.8 Å². The number of hydrogen-bond donors (Lipinski definition) is 1. The van der Waals surface area contributed by atoms with Crippen molar-refractivity contribution in [2.75, 3.05) is 18.8 Å². The molecule has 2 fully saturated rings. The number of rotatable bonds is 3. The topological polar surface area (TPSA) is 32.3 Å². The second-order valence-electron chi connectivity index (χ2n) is 4.74. The van der Waals surface area contributed by atoms with E-state index in [1.165, 1.54) is 25.7 Å². The maximum atomic E-state index is 12.0. The number of carbonyl (C=O) groups excluding carboxylic acids is 1. The summed E-state index contributed by atoms with van der Waals surface area (Å²) in [6, 6.07) is 0.615. The molecule has 0 radical (unpaired) electrons. The van der Waals surface area contributed by atoms with Crippen LogP contribution in [-0.4, -0.2) is 41.1 Å². The average molecular weight is 242 g/mol. The van der Waals surface area contributed by atoms with Gasteiger partial charge in [0.15, 0.2) is 0 Å². The van der Waals surface area contributed by atoms with Crippen LogP contribution in [-0.2, 0) is 4.79 Å². The molecule has 1 N–H and O–H groups in total. The van der Waals surface area contributed by atoms with Gasteiger partial charge in [-0.1, -0.05) is 6.92 Å². The number of thioether (sulfide) groups is 1. The van der Waals surface area contributed by atoms with Crippen LogP contribution in [0.4, 0.5) is 0 Å². The average Bonchev–Trinajstić information content (AvgIpc) is 2.78. The Morgan fingerprint density at radius 3 is 2.75 bits per heavy atom. The Morgan fingerprint density at radius 2 is 2.12 bits per heavy atom. The number of piperidine rings is 1. The molecule has 0 bridgehead atoms. The van der Waals surface area contributed by atoms with E-state index < -0.39 is 0 Å². The second kappa shape index (κ2) is 5.92. The van der Waals surface area contributed by atoms with E-state index in [1.807, 2.05) is 16.7 Å². The molecule has 1 amide bonds. The number of nitrogens with one attached hydrogen (secondary N) is 1. The van der Waals surface area contributed by atoms with Crippen molar-refractivity contribution in [3.8, 4) is 0 Å². The van der Waals surface area contributed by atoms with Gasteiger partial charge < -0.3 is 10.2 Å². The maximum absolute atomic E-state index is 12.0. The summed E-state index contributed by atoms with van der Waals surface area (Å²) in [5, 5.41) is 3.89. The molecule has 4 heteroatoms. The number of carbonyl (C=O) groups is 1. The molecule has 0 aliphatic carbocycles. The molecule has 92 valence electrons. The molecular formula is C12H22N2OS. The lowest BCUT2D eigenvalue weighted by Gasteiger charge is -2.27. The first-order valence-corrected chi connectivity index (χ1v) is 7.50. The van der Waals surface area contributed by atoms with Crippen molar-refractivity contribution < 1.29 is 4.79 Å². The van der Waals surface area contributed by atoms with Gasteiger partial charge in [-0.25, -0.2) is 0 Å². The summed E-state index contributed by atoms with van der Waals surface area (Å²) in [6.45, 7) is 4.16. The van der Waals surface area contributed by atoms with Gasteiger partial charge in [0, 0.05) is 24.9 Å². The number of hydrogen-bond acceptors (Lipinski definition) is 3. The van der Waals surface area contributed by atoms with Crippen LogP contribution in [0.2, 0.25) is 0 Å². The van der Waals surface area contributed by atoms with Crippen molar-refractivity contribution in [3.63, 3.8) is 0 Å². The summed E-state index contributed by atoms with van der Waals surface area (Å²) in [7, 11) is 0. The molecule has 0 aromatic rings. The Labute approximate surface area is 102 Å². The maximum Gasteiger partial charge on any atom is 0.225 e. The molecular weight excluding hydrogens is 220 g/mol. The van der Waals surface area contributed by atoms with Crippen molar-refractivity contribution in [2.24, 2.45) is 0 Å². The lowest BCUT2D eigenvalue weighted by molar-refractivity contribution is -0.132. The van der Waals surface area contributed by atoms with Gasteiger partial charge in [0.1, 0.15) is 0 Å². The highest BCUT2D eigenvalue weighted by Gasteiger charge is 2.27. The Kier molecular flexibility index (Phi) is 4.53. The van der Waals surface area contributed by atoms with Crippen LogP contribution in [0.1, 0.15) is 39.0 Å². The Balaban J connectivity index is 1.74. The molecule has 0 aromatic carbocycles. The Bertz CT molecular complexity index is 241. The van der Waals surface area contributed by atoms with Gasteiger partial charge in [-0.05, 0) is 25.7 Å². The van der Waals surface area contributed by atoms with Crippen molar-refractivity contribution in [1.29, 1.82) is 0 Å². The smallest absolute Gasteiger partial charge is 0.225 e. The predicted octanol–water partition coefficient (Wildman–Crippen LogP) is 1.83. The van der Waals surface area contributed by atoms with Crippen molar-refractivity contribution in [3.05, 3.63) is 0 Å². The summed E-state index contributed by atoms with van der Waals surface area (Å²) in [6.07, 6.45) is 5.52. The van der Waals surface area contributed by atoms with E-state index in [0.717, 1.165) is 18.8 Å². The standard InChI is InChI=1S/C12H22N2OS/c1-2-10-9-16-11(13-10)8-12(15)14-6-4-3-5-7-14/h10-11,13H,2-9H2,1H3. The number of likely N-dealkylation sites (tertiary alicyclic amines) is 1. The Morgan fingerprint density at radius 1 is 1.38 bits per heavy atom. The minimum atomic E-state index is 0.349. The molecule has 2 saturated heterocycles. The van der Waals surface area contributed by atoms with Gasteiger partial charge in [0.25, 0.3) is 0 Å². The molecule has 0 saturated carbocycles. The third-order valence-corrected chi connectivity index (χ3v) is 4.78. The molecule has 0 spiro atoms. The summed E-state index contributed by atoms with van der Waals surface area (Å²) >= 11 is 1.91. The van der Waals surface area contributed by atoms with Crippen LogP contribution in [0.5, 0.6) is 0 Å². The number of amides is 1. The summed E-state index contributed by atoms with van der Waals surface area (Å²) in [5.74, 6) is 1.51. The summed E-state index contributed by atoms with van der Waals surface area (Å²) in [5.41, 5.74) is 0. The molecule has 3 nitrogen and oxygen atoms in total. The fraction of sp³-hybridized carbons (Fsp3) is 0.917. The zero-order chi connectivity index (χ0) is 11.4. The van der Waals surface area contributed by atoms with Gasteiger partial charge in [-0.3, -0.25) is 4.79 Å². The van der Waals surface area contributed by atoms with Crippen LogP contribution < -0.4 is 5.32 Å². The molecule has 2 rings (SSSR count). The zero-order valence-corrected chi connectivity index (χ0v) is 10.9. The van der Waals surface area contributed by atoms with Crippen LogP contribution in [0.25, 0.3) is 0 Å². The molecule has 0 aromatic heterocycles. The van der Waals surface area contributed by atoms with E-state index in [2.05, 4.69) is 12.2 Å². The SMILES string of the molecule is CCC1CSC(CC(=O)N2CCCCC2)N1. The molecule has 2 atom stereocenters. The van der Waals surface area contributed by atoms with E-state index in [-0.39, 0.29) is 0 Å². The highest BCUT2D eigenvalue weighted by Crippen LogP contribution is 2.24.